The van der Waals surface area contributed by atoms with Crippen LogP contribution in [0.4, 0.5) is 0 Å². The van der Waals surface area contributed by atoms with E-state index in [9.17, 15) is 9.90 Å². The summed E-state index contributed by atoms with van der Waals surface area (Å²) in [6.45, 7) is 6.86. The number of carbonyl (C=O) groups excluding carboxylic acids is 1. The van der Waals surface area contributed by atoms with Gasteiger partial charge in [-0.3, -0.25) is 9.69 Å². The normalized spacial score (nSPS) is 21.2. The molecule has 2 heterocycles. The van der Waals surface area contributed by atoms with Gasteiger partial charge in [0.1, 0.15) is 0 Å². The second kappa shape index (κ2) is 6.10. The second-order valence-electron chi connectivity index (χ2n) is 6.24. The maximum absolute atomic E-state index is 12.7. The lowest BCUT2D eigenvalue weighted by atomic mass is 10.1. The minimum Gasteiger partial charge on any atom is -0.392 e. The van der Waals surface area contributed by atoms with Gasteiger partial charge in [0.15, 0.2) is 0 Å². The van der Waals surface area contributed by atoms with Crippen molar-refractivity contribution in [2.45, 2.75) is 26.0 Å². The lowest BCUT2D eigenvalue weighted by molar-refractivity contribution is 0.0383. The van der Waals surface area contributed by atoms with Crippen molar-refractivity contribution in [1.29, 1.82) is 0 Å². The van der Waals surface area contributed by atoms with Crippen molar-refractivity contribution in [3.8, 4) is 0 Å². The molecule has 118 valence electrons. The van der Waals surface area contributed by atoms with Gasteiger partial charge in [0, 0.05) is 49.5 Å². The predicted octanol–water partition coefficient (Wildman–Crippen LogP) is 1.70. The summed E-state index contributed by atoms with van der Waals surface area (Å²) in [5.41, 5.74) is 1.72. The van der Waals surface area contributed by atoms with Crippen LogP contribution in [-0.2, 0) is 0 Å². The molecule has 0 aliphatic carbocycles. The third-order valence-corrected chi connectivity index (χ3v) is 4.30. The Morgan fingerprint density at radius 3 is 2.95 bits per heavy atom. The molecule has 5 nitrogen and oxygen atoms in total. The zero-order valence-corrected chi connectivity index (χ0v) is 13.1. The molecule has 2 aromatic rings. The number of aromatic nitrogens is 1. The molecular weight excluding hydrogens is 278 g/mol. The zero-order valence-electron chi connectivity index (χ0n) is 13.1. The Labute approximate surface area is 130 Å². The molecule has 1 aliphatic rings. The summed E-state index contributed by atoms with van der Waals surface area (Å²) < 4.78 is 0. The van der Waals surface area contributed by atoms with Crippen LogP contribution in [0.25, 0.3) is 10.9 Å². The Balaban J connectivity index is 1.72. The van der Waals surface area contributed by atoms with Crippen LogP contribution in [0.5, 0.6) is 0 Å². The van der Waals surface area contributed by atoms with Crippen LogP contribution in [-0.4, -0.2) is 64.1 Å². The highest BCUT2D eigenvalue weighted by Crippen LogP contribution is 2.18. The van der Waals surface area contributed by atoms with Crippen molar-refractivity contribution in [1.82, 2.24) is 14.8 Å². The summed E-state index contributed by atoms with van der Waals surface area (Å²) in [6, 6.07) is 7.95. The lowest BCUT2D eigenvalue weighted by Crippen LogP contribution is -2.55. The van der Waals surface area contributed by atoms with Gasteiger partial charge in [-0.25, -0.2) is 0 Å². The minimum absolute atomic E-state index is 0.0840. The van der Waals surface area contributed by atoms with Gasteiger partial charge in [0.2, 0.25) is 0 Å². The molecule has 3 rings (SSSR count). The van der Waals surface area contributed by atoms with Crippen molar-refractivity contribution in [2.24, 2.45) is 0 Å². The van der Waals surface area contributed by atoms with E-state index in [4.69, 9.17) is 0 Å². The number of aliphatic hydroxyl groups is 1. The number of carbonyl (C=O) groups is 1. The fraction of sp³-hybridized carbons (Fsp3) is 0.471. The standard InChI is InChI=1S/C17H23N3O2/c1-12-10-19(11-13(2)21)7-8-20(12)17(22)15-4-3-14-5-6-18-16(14)9-15/h3-6,9,12-13,18,21H,7-8,10-11H2,1-2H3/t12-,13-/m0/s1. The fourth-order valence-corrected chi connectivity index (χ4v) is 3.22. The molecule has 1 saturated heterocycles. The second-order valence-corrected chi connectivity index (χ2v) is 6.24. The Morgan fingerprint density at radius 2 is 2.23 bits per heavy atom. The fourth-order valence-electron chi connectivity index (χ4n) is 3.22. The number of nitrogens with one attached hydrogen (secondary N) is 1. The topological polar surface area (TPSA) is 59.6 Å². The monoisotopic (exact) mass is 301 g/mol. The number of benzene rings is 1. The van der Waals surface area contributed by atoms with E-state index < -0.39 is 0 Å². The molecule has 1 amide bonds. The van der Waals surface area contributed by atoms with E-state index in [2.05, 4.69) is 16.8 Å². The number of hydrogen-bond acceptors (Lipinski definition) is 3. The summed E-state index contributed by atoms with van der Waals surface area (Å²) in [5.74, 6) is 0.0840. The van der Waals surface area contributed by atoms with Crippen LogP contribution in [0, 0.1) is 0 Å². The van der Waals surface area contributed by atoms with Crippen LogP contribution in [0.15, 0.2) is 30.5 Å². The molecule has 1 aromatic carbocycles. The number of nitrogens with zero attached hydrogens (tertiary/aromatic N) is 2. The van der Waals surface area contributed by atoms with Crippen molar-refractivity contribution < 1.29 is 9.90 Å². The van der Waals surface area contributed by atoms with E-state index >= 15 is 0 Å². The molecule has 1 fully saturated rings. The minimum atomic E-state index is -0.329. The molecule has 0 unspecified atom stereocenters. The summed E-state index contributed by atoms with van der Waals surface area (Å²) in [5, 5.41) is 10.6. The Bertz CT molecular complexity index is 665. The molecule has 22 heavy (non-hydrogen) atoms. The van der Waals surface area contributed by atoms with E-state index in [0.29, 0.717) is 13.1 Å². The van der Waals surface area contributed by atoms with Gasteiger partial charge in [-0.2, -0.15) is 0 Å². The third kappa shape index (κ3) is 3.00. The Hall–Kier alpha value is -1.85. The van der Waals surface area contributed by atoms with Crippen LogP contribution in [0.2, 0.25) is 0 Å². The number of aromatic amines is 1. The van der Waals surface area contributed by atoms with Crippen LogP contribution in [0.1, 0.15) is 24.2 Å². The van der Waals surface area contributed by atoms with Crippen LogP contribution in [0.3, 0.4) is 0 Å². The average Bonchev–Trinajstić information content (AvgIpc) is 2.93. The van der Waals surface area contributed by atoms with Crippen LogP contribution < -0.4 is 0 Å². The quantitative estimate of drug-likeness (QED) is 0.907. The number of rotatable bonds is 3. The number of β-amino-alcohol motifs (C(OH)–C–C–N with tert-alkyl or cyclic N) is 1. The maximum atomic E-state index is 12.7. The molecule has 0 radical (unpaired) electrons. The van der Waals surface area contributed by atoms with Gasteiger partial charge in [0.05, 0.1) is 6.10 Å². The summed E-state index contributed by atoms with van der Waals surface area (Å²) in [4.78, 5) is 20.0. The van der Waals surface area contributed by atoms with Crippen molar-refractivity contribution >= 4 is 16.8 Å². The highest BCUT2D eigenvalue weighted by Gasteiger charge is 2.28. The summed E-state index contributed by atoms with van der Waals surface area (Å²) >= 11 is 0. The first-order valence-corrected chi connectivity index (χ1v) is 7.83. The average molecular weight is 301 g/mol. The highest BCUT2D eigenvalue weighted by atomic mass is 16.3. The van der Waals surface area contributed by atoms with E-state index in [1.807, 2.05) is 35.4 Å². The number of piperazine rings is 1. The molecule has 2 atom stereocenters. The predicted molar refractivity (Wildman–Crippen MR) is 86.9 cm³/mol. The van der Waals surface area contributed by atoms with Gasteiger partial charge in [-0.1, -0.05) is 6.07 Å². The molecule has 0 spiro atoms. The highest BCUT2D eigenvalue weighted by molar-refractivity contribution is 5.98. The molecular formula is C17H23N3O2. The number of fused-ring (bicyclic) bond motifs is 1. The summed E-state index contributed by atoms with van der Waals surface area (Å²) in [6.07, 6.45) is 1.56. The Morgan fingerprint density at radius 1 is 1.41 bits per heavy atom. The van der Waals surface area contributed by atoms with E-state index in [0.717, 1.165) is 29.6 Å². The van der Waals surface area contributed by atoms with Crippen LogP contribution >= 0.6 is 0 Å². The zero-order chi connectivity index (χ0) is 15.7. The Kier molecular flexibility index (Phi) is 4.18. The van der Waals surface area contributed by atoms with E-state index in [1.165, 1.54) is 0 Å². The van der Waals surface area contributed by atoms with Gasteiger partial charge in [-0.05, 0) is 37.4 Å². The molecule has 5 heteroatoms. The molecule has 1 aromatic heterocycles. The van der Waals surface area contributed by atoms with Crippen molar-refractivity contribution in [2.75, 3.05) is 26.2 Å². The number of amides is 1. The number of H-pyrrole nitrogens is 1. The first kappa shape index (κ1) is 15.1. The molecule has 0 saturated carbocycles. The SMILES string of the molecule is C[C@H](O)CN1CCN(C(=O)c2ccc3cc[nH]c3c2)[C@@H](C)C1. The molecule has 0 bridgehead atoms. The van der Waals surface area contributed by atoms with E-state index in [-0.39, 0.29) is 18.1 Å². The smallest absolute Gasteiger partial charge is 0.254 e. The van der Waals surface area contributed by atoms with Crippen molar-refractivity contribution in [3.63, 3.8) is 0 Å². The molecule has 1 aliphatic heterocycles. The van der Waals surface area contributed by atoms with Gasteiger partial charge in [0.25, 0.3) is 5.91 Å². The summed E-state index contributed by atoms with van der Waals surface area (Å²) in [7, 11) is 0. The van der Waals surface area contributed by atoms with Crippen molar-refractivity contribution in [3.05, 3.63) is 36.0 Å². The lowest BCUT2D eigenvalue weighted by Gasteiger charge is -2.40. The van der Waals surface area contributed by atoms with E-state index in [1.54, 1.807) is 6.92 Å². The van der Waals surface area contributed by atoms with Gasteiger partial charge < -0.3 is 15.0 Å². The molecule has 2 N–H and O–H groups in total. The van der Waals surface area contributed by atoms with Gasteiger partial charge >= 0.3 is 0 Å². The largest absolute Gasteiger partial charge is 0.392 e. The number of hydrogen-bond donors (Lipinski definition) is 2. The maximum Gasteiger partial charge on any atom is 0.254 e. The first-order chi connectivity index (χ1) is 10.5. The first-order valence-electron chi connectivity index (χ1n) is 7.83. The number of aliphatic hydroxyl groups excluding tert-OH is 1. The van der Waals surface area contributed by atoms with Gasteiger partial charge in [-0.15, -0.1) is 0 Å². The third-order valence-electron chi connectivity index (χ3n) is 4.30.